The summed E-state index contributed by atoms with van der Waals surface area (Å²) in [7, 11) is 0. The molecule has 0 aliphatic heterocycles. The number of hydrogen-bond donors (Lipinski definition) is 1. The Morgan fingerprint density at radius 1 is 1.04 bits per heavy atom. The van der Waals surface area contributed by atoms with Crippen LogP contribution in [0.1, 0.15) is 73.1 Å². The molecule has 0 heterocycles. The second kappa shape index (κ2) is 8.37. The Kier molecular flexibility index (Phi) is 7.32. The van der Waals surface area contributed by atoms with Crippen LogP contribution in [-0.4, -0.2) is 44.3 Å². The highest BCUT2D eigenvalue weighted by atomic mass is 32.2. The lowest BCUT2D eigenvalue weighted by atomic mass is 9.93. The van der Waals surface area contributed by atoms with E-state index in [0.29, 0.717) is 6.42 Å². The van der Waals surface area contributed by atoms with Crippen molar-refractivity contribution in [2.75, 3.05) is 6.54 Å². The van der Waals surface area contributed by atoms with Gasteiger partial charge in [0.05, 0.1) is 4.75 Å². The standard InChI is InChI=1S/C18H31NO4S/c1-17(2,3)11-15(22)24-18(4,5)16(23)19(12-14(20)21)13-9-7-6-8-10-13/h13H,6-12H2,1-5H3,(H,20,21). The van der Waals surface area contributed by atoms with Crippen molar-refractivity contribution < 1.29 is 19.5 Å². The Balaban J connectivity index is 2.85. The topological polar surface area (TPSA) is 74.7 Å². The summed E-state index contributed by atoms with van der Waals surface area (Å²) in [6.07, 6.45) is 5.24. The number of hydrogen-bond acceptors (Lipinski definition) is 4. The lowest BCUT2D eigenvalue weighted by Crippen LogP contribution is -2.51. The summed E-state index contributed by atoms with van der Waals surface area (Å²) < 4.78 is -0.949. The highest BCUT2D eigenvalue weighted by Crippen LogP contribution is 2.34. The number of carboxylic acids is 1. The van der Waals surface area contributed by atoms with Gasteiger partial charge in [-0.1, -0.05) is 51.8 Å². The van der Waals surface area contributed by atoms with Crippen LogP contribution in [0.5, 0.6) is 0 Å². The largest absolute Gasteiger partial charge is 0.480 e. The van der Waals surface area contributed by atoms with Gasteiger partial charge in [0.15, 0.2) is 5.12 Å². The van der Waals surface area contributed by atoms with E-state index in [2.05, 4.69) is 0 Å². The summed E-state index contributed by atoms with van der Waals surface area (Å²) in [5, 5.41) is 9.17. The van der Waals surface area contributed by atoms with Crippen molar-refractivity contribution in [3.8, 4) is 0 Å². The zero-order chi connectivity index (χ0) is 18.5. The summed E-state index contributed by atoms with van der Waals surface area (Å²) in [6, 6.07) is -0.0278. The highest BCUT2D eigenvalue weighted by Gasteiger charge is 2.39. The summed E-state index contributed by atoms with van der Waals surface area (Å²) in [5.74, 6) is -1.25. The minimum absolute atomic E-state index is 0.0278. The highest BCUT2D eigenvalue weighted by molar-refractivity contribution is 8.15. The molecule has 6 heteroatoms. The van der Waals surface area contributed by atoms with Crippen molar-refractivity contribution in [3.05, 3.63) is 0 Å². The van der Waals surface area contributed by atoms with E-state index in [4.69, 9.17) is 0 Å². The SMILES string of the molecule is CC(C)(C)CC(=O)SC(C)(C)C(=O)N(CC(=O)O)C1CCCCC1. The molecule has 0 bridgehead atoms. The Labute approximate surface area is 149 Å². The molecule has 1 rings (SSSR count). The molecule has 1 amide bonds. The van der Waals surface area contributed by atoms with Crippen molar-refractivity contribution in [1.29, 1.82) is 0 Å². The van der Waals surface area contributed by atoms with Crippen molar-refractivity contribution in [3.63, 3.8) is 0 Å². The molecule has 0 saturated heterocycles. The average Bonchev–Trinajstić information content (AvgIpc) is 2.42. The number of carbonyl (C=O) groups excluding carboxylic acids is 2. The maximum atomic E-state index is 13.0. The van der Waals surface area contributed by atoms with E-state index in [1.165, 1.54) is 4.90 Å². The summed E-state index contributed by atoms with van der Waals surface area (Å²) >= 11 is 1.03. The number of carboxylic acid groups (broad SMARTS) is 1. The molecule has 0 aromatic heterocycles. The first-order chi connectivity index (χ1) is 10.9. The van der Waals surface area contributed by atoms with Gasteiger partial charge in [-0.2, -0.15) is 0 Å². The van der Waals surface area contributed by atoms with E-state index in [0.717, 1.165) is 43.9 Å². The number of aliphatic carboxylic acids is 1. The second-order valence-corrected chi connectivity index (χ2v) is 10.0. The molecular weight excluding hydrogens is 326 g/mol. The van der Waals surface area contributed by atoms with Crippen LogP contribution in [0.25, 0.3) is 0 Å². The molecule has 0 spiro atoms. The first-order valence-corrected chi connectivity index (χ1v) is 9.49. The zero-order valence-corrected chi connectivity index (χ0v) is 16.4. The zero-order valence-electron chi connectivity index (χ0n) is 15.6. The van der Waals surface area contributed by atoms with Crippen LogP contribution in [0.15, 0.2) is 0 Å². The normalized spacial score (nSPS) is 16.7. The van der Waals surface area contributed by atoms with Gasteiger partial charge in [0, 0.05) is 12.5 Å². The van der Waals surface area contributed by atoms with Gasteiger partial charge in [-0.25, -0.2) is 0 Å². The van der Waals surface area contributed by atoms with Gasteiger partial charge in [0.2, 0.25) is 5.91 Å². The van der Waals surface area contributed by atoms with Gasteiger partial charge < -0.3 is 10.0 Å². The molecule has 5 nitrogen and oxygen atoms in total. The second-order valence-electron chi connectivity index (χ2n) is 8.34. The number of carbonyl (C=O) groups is 3. The molecule has 24 heavy (non-hydrogen) atoms. The predicted octanol–water partition coefficient (Wildman–Crippen LogP) is 3.71. The van der Waals surface area contributed by atoms with E-state index in [-0.39, 0.29) is 29.0 Å². The molecule has 1 fully saturated rings. The lowest BCUT2D eigenvalue weighted by molar-refractivity contribution is -0.147. The van der Waals surface area contributed by atoms with Gasteiger partial charge in [0.1, 0.15) is 6.54 Å². The smallest absolute Gasteiger partial charge is 0.323 e. The van der Waals surface area contributed by atoms with Crippen LogP contribution >= 0.6 is 11.8 Å². The Bertz CT molecular complexity index is 476. The monoisotopic (exact) mass is 357 g/mol. The van der Waals surface area contributed by atoms with Crippen molar-refractivity contribution in [2.45, 2.75) is 83.9 Å². The fourth-order valence-electron chi connectivity index (χ4n) is 3.05. The van der Waals surface area contributed by atoms with Crippen LogP contribution in [0.3, 0.4) is 0 Å². The van der Waals surface area contributed by atoms with Crippen molar-refractivity contribution in [2.24, 2.45) is 5.41 Å². The fraction of sp³-hybridized carbons (Fsp3) is 0.833. The minimum Gasteiger partial charge on any atom is -0.480 e. The molecule has 0 atom stereocenters. The predicted molar refractivity (Wildman–Crippen MR) is 97.0 cm³/mol. The molecule has 1 saturated carbocycles. The van der Waals surface area contributed by atoms with E-state index < -0.39 is 10.7 Å². The summed E-state index contributed by atoms with van der Waals surface area (Å²) in [6.45, 7) is 9.11. The Morgan fingerprint density at radius 3 is 2.04 bits per heavy atom. The Morgan fingerprint density at radius 2 is 1.58 bits per heavy atom. The molecule has 1 N–H and O–H groups in total. The third kappa shape index (κ3) is 6.83. The van der Waals surface area contributed by atoms with E-state index in [1.54, 1.807) is 13.8 Å². The van der Waals surface area contributed by atoms with Gasteiger partial charge in [0.25, 0.3) is 0 Å². The third-order valence-electron chi connectivity index (χ3n) is 4.14. The van der Waals surface area contributed by atoms with E-state index in [9.17, 15) is 19.5 Å². The van der Waals surface area contributed by atoms with Gasteiger partial charge >= 0.3 is 5.97 Å². The first kappa shape index (κ1) is 21.0. The van der Waals surface area contributed by atoms with Crippen molar-refractivity contribution >= 4 is 28.8 Å². The van der Waals surface area contributed by atoms with Crippen LogP contribution < -0.4 is 0 Å². The first-order valence-electron chi connectivity index (χ1n) is 8.67. The van der Waals surface area contributed by atoms with Crippen LogP contribution in [0, 0.1) is 5.41 Å². The average molecular weight is 358 g/mol. The molecule has 0 unspecified atom stereocenters. The van der Waals surface area contributed by atoms with Crippen LogP contribution in [0.2, 0.25) is 0 Å². The Hall–Kier alpha value is -1.04. The molecule has 0 aromatic carbocycles. The number of rotatable bonds is 6. The van der Waals surface area contributed by atoms with Gasteiger partial charge in [-0.3, -0.25) is 14.4 Å². The van der Waals surface area contributed by atoms with Crippen molar-refractivity contribution in [1.82, 2.24) is 4.90 Å². The number of amides is 1. The molecule has 138 valence electrons. The molecule has 0 aromatic rings. The fourth-order valence-corrected chi connectivity index (χ4v) is 4.33. The molecular formula is C18H31NO4S. The van der Waals surface area contributed by atoms with E-state index >= 15 is 0 Å². The van der Waals surface area contributed by atoms with Gasteiger partial charge in [-0.05, 0) is 32.1 Å². The van der Waals surface area contributed by atoms with Gasteiger partial charge in [-0.15, -0.1) is 0 Å². The molecule has 1 aliphatic rings. The molecule has 0 radical (unpaired) electrons. The summed E-state index contributed by atoms with van der Waals surface area (Å²) in [4.78, 5) is 38.0. The lowest BCUT2D eigenvalue weighted by Gasteiger charge is -2.37. The van der Waals surface area contributed by atoms with Crippen LogP contribution in [0.4, 0.5) is 0 Å². The maximum absolute atomic E-state index is 13.0. The minimum atomic E-state index is -1.00. The maximum Gasteiger partial charge on any atom is 0.323 e. The third-order valence-corrected chi connectivity index (χ3v) is 5.20. The molecule has 1 aliphatic carbocycles. The number of nitrogens with zero attached hydrogens (tertiary/aromatic N) is 1. The summed E-state index contributed by atoms with van der Waals surface area (Å²) in [5.41, 5.74) is -0.132. The quantitative estimate of drug-likeness (QED) is 0.784. The van der Waals surface area contributed by atoms with Crippen LogP contribution in [-0.2, 0) is 14.4 Å². The number of thioether (sulfide) groups is 1. The van der Waals surface area contributed by atoms with E-state index in [1.807, 2.05) is 20.8 Å².